The van der Waals surface area contributed by atoms with E-state index in [1.165, 1.54) is 12.7 Å². The summed E-state index contributed by atoms with van der Waals surface area (Å²) in [5.74, 6) is 0.609. The Balaban J connectivity index is 1.30. The molecule has 4 rings (SSSR count). The summed E-state index contributed by atoms with van der Waals surface area (Å²) in [7, 11) is 1.34. The minimum Gasteiger partial charge on any atom is -0.465 e. The Morgan fingerprint density at radius 1 is 1.11 bits per heavy atom. The number of hydrogen-bond acceptors (Lipinski definition) is 7. The number of nitrogens with one attached hydrogen (secondary N) is 1. The predicted molar refractivity (Wildman–Crippen MR) is 138 cm³/mol. The third kappa shape index (κ3) is 5.99. The second-order valence-corrected chi connectivity index (χ2v) is 10.4. The molecule has 0 bridgehead atoms. The standard InChI is InChI=1S/C28H34N4O4/c1-18-6-7-21(27(34)35-5)16-23(18)29-26(33)20-12-14-32(15-13-20)17-24-30-25(31-36-24)19-8-10-22(11-9-19)28(2,3)4/h6-11,16,20H,12-15,17H2,1-5H3,(H,29,33). The quantitative estimate of drug-likeness (QED) is 0.487. The van der Waals surface area contributed by atoms with Gasteiger partial charge in [0.2, 0.25) is 17.6 Å². The maximum atomic E-state index is 12.9. The van der Waals surface area contributed by atoms with Crippen molar-refractivity contribution in [3.05, 3.63) is 65.0 Å². The van der Waals surface area contributed by atoms with Crippen molar-refractivity contribution in [3.8, 4) is 11.4 Å². The van der Waals surface area contributed by atoms with Crippen LogP contribution in [0.5, 0.6) is 0 Å². The zero-order chi connectivity index (χ0) is 25.9. The summed E-state index contributed by atoms with van der Waals surface area (Å²) < 4.78 is 10.3. The van der Waals surface area contributed by atoms with E-state index < -0.39 is 5.97 Å². The van der Waals surface area contributed by atoms with Gasteiger partial charge in [0.25, 0.3) is 0 Å². The van der Waals surface area contributed by atoms with Gasteiger partial charge in [-0.1, -0.05) is 56.3 Å². The molecule has 2 aromatic carbocycles. The number of likely N-dealkylation sites (tertiary alicyclic amines) is 1. The molecule has 1 aromatic heterocycles. The van der Waals surface area contributed by atoms with Crippen molar-refractivity contribution in [1.82, 2.24) is 15.0 Å². The maximum Gasteiger partial charge on any atom is 0.337 e. The van der Waals surface area contributed by atoms with Gasteiger partial charge in [-0.3, -0.25) is 9.69 Å². The van der Waals surface area contributed by atoms with Crippen LogP contribution in [0, 0.1) is 12.8 Å². The fraction of sp³-hybridized carbons (Fsp3) is 0.429. The normalized spacial score (nSPS) is 15.0. The number of carbonyl (C=O) groups excluding carboxylic acids is 2. The number of esters is 1. The summed E-state index contributed by atoms with van der Waals surface area (Å²) in [6.45, 7) is 10.5. The van der Waals surface area contributed by atoms with Crippen LogP contribution in [0.3, 0.4) is 0 Å². The lowest BCUT2D eigenvalue weighted by atomic mass is 9.87. The largest absolute Gasteiger partial charge is 0.465 e. The van der Waals surface area contributed by atoms with Crippen LogP contribution in [0.25, 0.3) is 11.4 Å². The fourth-order valence-corrected chi connectivity index (χ4v) is 4.34. The molecule has 0 atom stereocenters. The molecule has 1 aliphatic rings. The molecule has 1 saturated heterocycles. The van der Waals surface area contributed by atoms with Gasteiger partial charge in [0.1, 0.15) is 0 Å². The van der Waals surface area contributed by atoms with E-state index in [4.69, 9.17) is 9.26 Å². The van der Waals surface area contributed by atoms with E-state index in [1.807, 2.05) is 25.1 Å². The molecule has 1 aliphatic heterocycles. The SMILES string of the molecule is COC(=O)c1ccc(C)c(NC(=O)C2CCN(Cc3nc(-c4ccc(C(C)(C)C)cc4)no3)CC2)c1. The number of aromatic nitrogens is 2. The van der Waals surface area contributed by atoms with Crippen LogP contribution in [0.2, 0.25) is 0 Å². The lowest BCUT2D eigenvalue weighted by Gasteiger charge is -2.30. The van der Waals surface area contributed by atoms with E-state index in [1.54, 1.807) is 12.1 Å². The summed E-state index contributed by atoms with van der Waals surface area (Å²) >= 11 is 0. The second kappa shape index (κ2) is 10.6. The molecule has 190 valence electrons. The van der Waals surface area contributed by atoms with E-state index in [0.717, 1.165) is 37.1 Å². The zero-order valence-electron chi connectivity index (χ0n) is 21.6. The number of aryl methyl sites for hydroxylation is 1. The highest BCUT2D eigenvalue weighted by Gasteiger charge is 2.26. The summed E-state index contributed by atoms with van der Waals surface area (Å²) in [6, 6.07) is 13.4. The Labute approximate surface area is 212 Å². The number of methoxy groups -OCH3 is 1. The van der Waals surface area contributed by atoms with Crippen molar-refractivity contribution in [3.63, 3.8) is 0 Å². The molecule has 0 aliphatic carbocycles. The number of benzene rings is 2. The fourth-order valence-electron chi connectivity index (χ4n) is 4.34. The van der Waals surface area contributed by atoms with Gasteiger partial charge in [-0.05, 0) is 61.5 Å². The van der Waals surface area contributed by atoms with E-state index in [9.17, 15) is 9.59 Å². The van der Waals surface area contributed by atoms with Gasteiger partial charge in [0.05, 0.1) is 19.2 Å². The molecular formula is C28H34N4O4. The third-order valence-corrected chi connectivity index (χ3v) is 6.71. The lowest BCUT2D eigenvalue weighted by molar-refractivity contribution is -0.121. The Bertz CT molecular complexity index is 1220. The van der Waals surface area contributed by atoms with Crippen LogP contribution in [-0.4, -0.2) is 47.1 Å². The van der Waals surface area contributed by atoms with Crippen LogP contribution < -0.4 is 5.32 Å². The van der Waals surface area contributed by atoms with Crippen LogP contribution in [0.4, 0.5) is 5.69 Å². The van der Waals surface area contributed by atoms with Crippen LogP contribution >= 0.6 is 0 Å². The minimum absolute atomic E-state index is 0.0291. The third-order valence-electron chi connectivity index (χ3n) is 6.71. The topological polar surface area (TPSA) is 97.6 Å². The lowest BCUT2D eigenvalue weighted by Crippen LogP contribution is -2.37. The average Bonchev–Trinajstić information content (AvgIpc) is 3.33. The summed E-state index contributed by atoms with van der Waals surface area (Å²) in [6.07, 6.45) is 1.47. The number of nitrogens with zero attached hydrogens (tertiary/aromatic N) is 3. The van der Waals surface area contributed by atoms with Crippen LogP contribution in [0.1, 0.15) is 61.0 Å². The number of rotatable bonds is 6. The van der Waals surface area contributed by atoms with E-state index in [0.29, 0.717) is 29.5 Å². The molecule has 1 amide bonds. The van der Waals surface area contributed by atoms with Crippen molar-refractivity contribution in [2.24, 2.45) is 5.92 Å². The van der Waals surface area contributed by atoms with Gasteiger partial charge in [-0.25, -0.2) is 4.79 Å². The Hall–Kier alpha value is -3.52. The summed E-state index contributed by atoms with van der Waals surface area (Å²) in [5, 5.41) is 7.15. The first kappa shape index (κ1) is 25.6. The number of ether oxygens (including phenoxy) is 1. The second-order valence-electron chi connectivity index (χ2n) is 10.4. The Morgan fingerprint density at radius 2 is 1.81 bits per heavy atom. The Kier molecular flexibility index (Phi) is 7.54. The van der Waals surface area contributed by atoms with Crippen molar-refractivity contribution in [2.75, 3.05) is 25.5 Å². The molecule has 0 spiro atoms. The highest BCUT2D eigenvalue weighted by atomic mass is 16.5. The molecular weight excluding hydrogens is 456 g/mol. The molecule has 0 saturated carbocycles. The van der Waals surface area contributed by atoms with Crippen molar-refractivity contribution in [1.29, 1.82) is 0 Å². The molecule has 2 heterocycles. The molecule has 1 N–H and O–H groups in total. The van der Waals surface area contributed by atoms with Gasteiger partial charge < -0.3 is 14.6 Å². The smallest absolute Gasteiger partial charge is 0.337 e. The first-order valence-corrected chi connectivity index (χ1v) is 12.3. The van der Waals surface area contributed by atoms with E-state index >= 15 is 0 Å². The number of hydrogen-bond donors (Lipinski definition) is 1. The molecule has 0 radical (unpaired) electrons. The minimum atomic E-state index is -0.426. The zero-order valence-corrected chi connectivity index (χ0v) is 21.6. The predicted octanol–water partition coefficient (Wildman–Crippen LogP) is 4.98. The van der Waals surface area contributed by atoms with Crippen molar-refractivity contribution in [2.45, 2.75) is 52.5 Å². The van der Waals surface area contributed by atoms with Crippen LogP contribution in [0.15, 0.2) is 47.0 Å². The Morgan fingerprint density at radius 3 is 2.44 bits per heavy atom. The number of anilines is 1. The molecule has 1 fully saturated rings. The number of piperidine rings is 1. The summed E-state index contributed by atoms with van der Waals surface area (Å²) in [4.78, 5) is 31.5. The number of amides is 1. The first-order chi connectivity index (χ1) is 17.1. The van der Waals surface area contributed by atoms with Gasteiger partial charge in [0.15, 0.2) is 0 Å². The van der Waals surface area contributed by atoms with Gasteiger partial charge in [-0.2, -0.15) is 4.98 Å². The monoisotopic (exact) mass is 490 g/mol. The van der Waals surface area contributed by atoms with Gasteiger partial charge in [0, 0.05) is 17.2 Å². The van der Waals surface area contributed by atoms with E-state index in [2.05, 4.69) is 53.3 Å². The molecule has 3 aromatic rings. The average molecular weight is 491 g/mol. The highest BCUT2D eigenvalue weighted by Crippen LogP contribution is 2.26. The molecule has 8 nitrogen and oxygen atoms in total. The summed E-state index contributed by atoms with van der Waals surface area (Å²) in [5.41, 5.74) is 4.23. The van der Waals surface area contributed by atoms with Gasteiger partial charge >= 0.3 is 5.97 Å². The molecule has 0 unspecified atom stereocenters. The van der Waals surface area contributed by atoms with Crippen LogP contribution in [-0.2, 0) is 21.5 Å². The molecule has 8 heteroatoms. The van der Waals surface area contributed by atoms with Crippen molar-refractivity contribution < 1.29 is 18.8 Å². The first-order valence-electron chi connectivity index (χ1n) is 12.3. The van der Waals surface area contributed by atoms with Gasteiger partial charge in [-0.15, -0.1) is 0 Å². The highest BCUT2D eigenvalue weighted by molar-refractivity contribution is 5.96. The van der Waals surface area contributed by atoms with Crippen molar-refractivity contribution >= 4 is 17.6 Å². The van der Waals surface area contributed by atoms with E-state index in [-0.39, 0.29) is 17.2 Å². The molecule has 36 heavy (non-hydrogen) atoms. The maximum absolute atomic E-state index is 12.9. The number of carbonyl (C=O) groups is 2.